The molecule has 6 nitrogen and oxygen atoms in total. The summed E-state index contributed by atoms with van der Waals surface area (Å²) in [6.45, 7) is 2.13. The number of benzene rings is 1. The van der Waals surface area contributed by atoms with Gasteiger partial charge in [-0.25, -0.2) is 4.79 Å². The lowest BCUT2D eigenvalue weighted by molar-refractivity contribution is -0.384. The van der Waals surface area contributed by atoms with Crippen LogP contribution in [0.4, 0.5) is 10.5 Å². The van der Waals surface area contributed by atoms with Crippen LogP contribution < -0.4 is 0 Å². The Labute approximate surface area is 129 Å². The van der Waals surface area contributed by atoms with E-state index in [1.165, 1.54) is 30.7 Å². The summed E-state index contributed by atoms with van der Waals surface area (Å²) < 4.78 is 4.86. The highest BCUT2D eigenvalue weighted by molar-refractivity contribution is 5.57. The molecule has 0 bridgehead atoms. The molecule has 0 saturated carbocycles. The highest BCUT2D eigenvalue weighted by atomic mass is 16.7. The van der Waals surface area contributed by atoms with Gasteiger partial charge in [-0.05, 0) is 30.5 Å². The van der Waals surface area contributed by atoms with E-state index in [-0.39, 0.29) is 5.69 Å². The van der Waals surface area contributed by atoms with Crippen LogP contribution in [0, 0.1) is 10.1 Å². The molecular formula is C16H21NO5. The summed E-state index contributed by atoms with van der Waals surface area (Å²) in [6, 6.07) is 5.74. The monoisotopic (exact) mass is 307 g/mol. The summed E-state index contributed by atoms with van der Waals surface area (Å²) in [5, 5.41) is 19.4. The van der Waals surface area contributed by atoms with Gasteiger partial charge in [-0.3, -0.25) is 10.1 Å². The van der Waals surface area contributed by atoms with Crippen molar-refractivity contribution in [3.8, 4) is 0 Å². The molecule has 1 unspecified atom stereocenters. The third-order valence-electron chi connectivity index (χ3n) is 3.21. The van der Waals surface area contributed by atoms with Crippen molar-refractivity contribution in [2.75, 3.05) is 0 Å². The average molecular weight is 307 g/mol. The number of hydrogen-bond donors (Lipinski definition) is 1. The van der Waals surface area contributed by atoms with Crippen molar-refractivity contribution in [3.05, 3.63) is 52.1 Å². The predicted molar refractivity (Wildman–Crippen MR) is 82.8 cm³/mol. The van der Waals surface area contributed by atoms with E-state index in [2.05, 4.69) is 6.92 Å². The molecule has 0 heterocycles. The van der Waals surface area contributed by atoms with Crippen LogP contribution in [0.25, 0.3) is 0 Å². The SMILES string of the molecule is CCCCCC=CCC(OC(=O)O)c1ccc([N+](=O)[O-])cc1. The molecule has 1 aromatic carbocycles. The molecule has 1 atom stereocenters. The Balaban J connectivity index is 2.67. The zero-order valence-corrected chi connectivity index (χ0v) is 12.6. The fourth-order valence-electron chi connectivity index (χ4n) is 2.03. The number of unbranched alkanes of at least 4 members (excludes halogenated alkanes) is 3. The summed E-state index contributed by atoms with van der Waals surface area (Å²) in [5.74, 6) is 0. The first-order chi connectivity index (χ1) is 10.5. The van der Waals surface area contributed by atoms with Gasteiger partial charge in [0.25, 0.3) is 5.69 Å². The molecule has 0 amide bonds. The second kappa shape index (κ2) is 9.55. The number of rotatable bonds is 9. The van der Waals surface area contributed by atoms with Gasteiger partial charge in [-0.15, -0.1) is 0 Å². The van der Waals surface area contributed by atoms with Crippen molar-refractivity contribution < 1.29 is 19.6 Å². The molecule has 0 spiro atoms. The van der Waals surface area contributed by atoms with Gasteiger partial charge in [0.05, 0.1) is 4.92 Å². The maximum atomic E-state index is 10.8. The van der Waals surface area contributed by atoms with E-state index in [1.807, 2.05) is 12.2 Å². The average Bonchev–Trinajstić information content (AvgIpc) is 2.49. The number of ether oxygens (including phenoxy) is 1. The van der Waals surface area contributed by atoms with Gasteiger partial charge in [0.2, 0.25) is 0 Å². The van der Waals surface area contributed by atoms with E-state index < -0.39 is 17.2 Å². The number of non-ortho nitro benzene ring substituents is 1. The molecule has 0 saturated heterocycles. The minimum absolute atomic E-state index is 0.0343. The van der Waals surface area contributed by atoms with Crippen LogP contribution in [0.15, 0.2) is 36.4 Å². The molecular weight excluding hydrogens is 286 g/mol. The molecule has 0 aliphatic rings. The molecule has 0 fully saturated rings. The maximum Gasteiger partial charge on any atom is 0.506 e. The first-order valence-corrected chi connectivity index (χ1v) is 7.33. The summed E-state index contributed by atoms with van der Waals surface area (Å²) >= 11 is 0. The standard InChI is InChI=1S/C16H21NO5/c1-2-3-4-5-6-7-8-15(22-16(18)19)13-9-11-14(12-10-13)17(20)21/h6-7,9-12,15H,2-5,8H2,1H3,(H,18,19). The quantitative estimate of drug-likeness (QED) is 0.231. The van der Waals surface area contributed by atoms with Crippen molar-refractivity contribution in [2.45, 2.75) is 45.1 Å². The Hall–Kier alpha value is -2.37. The minimum atomic E-state index is -1.36. The zero-order chi connectivity index (χ0) is 16.4. The molecule has 22 heavy (non-hydrogen) atoms. The van der Waals surface area contributed by atoms with Crippen LogP contribution in [-0.4, -0.2) is 16.2 Å². The third-order valence-corrected chi connectivity index (χ3v) is 3.21. The van der Waals surface area contributed by atoms with E-state index in [1.54, 1.807) is 0 Å². The second-order valence-electron chi connectivity index (χ2n) is 4.92. The molecule has 1 aromatic rings. The minimum Gasteiger partial charge on any atom is -0.450 e. The van der Waals surface area contributed by atoms with Crippen molar-refractivity contribution in [3.63, 3.8) is 0 Å². The summed E-state index contributed by atoms with van der Waals surface area (Å²) in [6.07, 6.45) is 6.69. The van der Waals surface area contributed by atoms with Gasteiger partial charge in [-0.2, -0.15) is 0 Å². The van der Waals surface area contributed by atoms with Crippen molar-refractivity contribution >= 4 is 11.8 Å². The fourth-order valence-corrected chi connectivity index (χ4v) is 2.03. The Morgan fingerprint density at radius 3 is 2.55 bits per heavy atom. The Bertz CT molecular complexity index is 510. The van der Waals surface area contributed by atoms with E-state index in [0.29, 0.717) is 12.0 Å². The first-order valence-electron chi connectivity index (χ1n) is 7.33. The van der Waals surface area contributed by atoms with Gasteiger partial charge in [0.1, 0.15) is 6.10 Å². The number of carboxylic acid groups (broad SMARTS) is 1. The van der Waals surface area contributed by atoms with Gasteiger partial charge in [-0.1, -0.05) is 31.9 Å². The molecule has 0 radical (unpaired) electrons. The van der Waals surface area contributed by atoms with E-state index in [9.17, 15) is 14.9 Å². The number of nitro groups is 1. The number of nitro benzene ring substituents is 1. The Morgan fingerprint density at radius 2 is 2.00 bits per heavy atom. The second-order valence-corrected chi connectivity index (χ2v) is 4.92. The highest BCUT2D eigenvalue weighted by Gasteiger charge is 2.16. The van der Waals surface area contributed by atoms with E-state index in [0.717, 1.165) is 19.3 Å². The van der Waals surface area contributed by atoms with Gasteiger partial charge in [0, 0.05) is 18.6 Å². The van der Waals surface area contributed by atoms with Crippen molar-refractivity contribution in [1.82, 2.24) is 0 Å². The largest absolute Gasteiger partial charge is 0.506 e. The van der Waals surface area contributed by atoms with Crippen LogP contribution in [0.3, 0.4) is 0 Å². The van der Waals surface area contributed by atoms with Crippen LogP contribution in [0.1, 0.15) is 50.7 Å². The number of hydrogen-bond acceptors (Lipinski definition) is 4. The van der Waals surface area contributed by atoms with Crippen LogP contribution >= 0.6 is 0 Å². The molecule has 1 N–H and O–H groups in total. The normalized spacial score (nSPS) is 12.2. The lowest BCUT2D eigenvalue weighted by Gasteiger charge is -2.14. The zero-order valence-electron chi connectivity index (χ0n) is 12.6. The van der Waals surface area contributed by atoms with Crippen LogP contribution in [0.5, 0.6) is 0 Å². The number of carbonyl (C=O) groups is 1. The molecule has 0 aliphatic carbocycles. The van der Waals surface area contributed by atoms with Crippen LogP contribution in [-0.2, 0) is 4.74 Å². The first kappa shape index (κ1) is 17.7. The molecule has 6 heteroatoms. The topological polar surface area (TPSA) is 89.7 Å². The molecule has 120 valence electrons. The van der Waals surface area contributed by atoms with Crippen molar-refractivity contribution in [1.29, 1.82) is 0 Å². The fraction of sp³-hybridized carbons (Fsp3) is 0.438. The van der Waals surface area contributed by atoms with Crippen LogP contribution in [0.2, 0.25) is 0 Å². The Kier molecular flexibility index (Phi) is 7.67. The summed E-state index contributed by atoms with van der Waals surface area (Å²) in [4.78, 5) is 20.9. The highest BCUT2D eigenvalue weighted by Crippen LogP contribution is 2.24. The number of allylic oxidation sites excluding steroid dienone is 1. The molecule has 0 aliphatic heterocycles. The van der Waals surface area contributed by atoms with E-state index >= 15 is 0 Å². The van der Waals surface area contributed by atoms with E-state index in [4.69, 9.17) is 9.84 Å². The maximum absolute atomic E-state index is 10.8. The predicted octanol–water partition coefficient (Wildman–Crippen LogP) is 4.86. The molecule has 1 rings (SSSR count). The summed E-state index contributed by atoms with van der Waals surface area (Å²) in [7, 11) is 0. The summed E-state index contributed by atoms with van der Waals surface area (Å²) in [5.41, 5.74) is 0.569. The third kappa shape index (κ3) is 6.39. The smallest absolute Gasteiger partial charge is 0.450 e. The van der Waals surface area contributed by atoms with Crippen molar-refractivity contribution in [2.24, 2.45) is 0 Å². The lowest BCUT2D eigenvalue weighted by Crippen LogP contribution is -2.08. The van der Waals surface area contributed by atoms with Gasteiger partial charge < -0.3 is 9.84 Å². The Morgan fingerprint density at radius 1 is 1.32 bits per heavy atom. The number of nitrogens with zero attached hydrogens (tertiary/aromatic N) is 1. The molecule has 0 aromatic heterocycles. The lowest BCUT2D eigenvalue weighted by atomic mass is 10.1. The van der Waals surface area contributed by atoms with Gasteiger partial charge in [0.15, 0.2) is 0 Å². The van der Waals surface area contributed by atoms with Gasteiger partial charge >= 0.3 is 6.16 Å².